The summed E-state index contributed by atoms with van der Waals surface area (Å²) in [6, 6.07) is 5.97. The van der Waals surface area contributed by atoms with Crippen molar-refractivity contribution in [2.24, 2.45) is 28.9 Å². The van der Waals surface area contributed by atoms with Crippen molar-refractivity contribution in [2.45, 2.75) is 127 Å². The van der Waals surface area contributed by atoms with Crippen LogP contribution in [0.25, 0.3) is 0 Å². The van der Waals surface area contributed by atoms with Gasteiger partial charge in [-0.3, -0.25) is 38.4 Å². The second-order valence-corrected chi connectivity index (χ2v) is 16.3. The summed E-state index contributed by atoms with van der Waals surface area (Å²) >= 11 is 0. The Morgan fingerprint density at radius 3 is 1.90 bits per heavy atom. The maximum absolute atomic E-state index is 14.2. The maximum atomic E-state index is 14.2. The molecule has 8 amide bonds. The fourth-order valence-corrected chi connectivity index (χ4v) is 7.14. The molecular formula is C43H64N10O10. The number of nitrogens with zero attached hydrogens (tertiary/aromatic N) is 1. The van der Waals surface area contributed by atoms with Gasteiger partial charge in [-0.05, 0) is 87.6 Å². The van der Waals surface area contributed by atoms with Crippen LogP contribution in [0.5, 0.6) is 5.75 Å². The molecule has 15 N–H and O–H groups in total. The Kier molecular flexibility index (Phi) is 20.4. The van der Waals surface area contributed by atoms with Crippen molar-refractivity contribution in [2.75, 3.05) is 13.1 Å². The van der Waals surface area contributed by atoms with Gasteiger partial charge in [-0.25, -0.2) is 0 Å². The molecule has 0 aromatic heterocycles. The Bertz CT molecular complexity index is 1880. The van der Waals surface area contributed by atoms with Gasteiger partial charge in [-0.15, -0.1) is 0 Å². The van der Waals surface area contributed by atoms with Crippen molar-refractivity contribution >= 4 is 47.3 Å². The highest BCUT2D eigenvalue weighted by Crippen LogP contribution is 2.21. The van der Waals surface area contributed by atoms with Gasteiger partial charge in [0.15, 0.2) is 0 Å². The van der Waals surface area contributed by atoms with Crippen LogP contribution in [0.3, 0.4) is 0 Å². The summed E-state index contributed by atoms with van der Waals surface area (Å²) in [4.78, 5) is 108. The van der Waals surface area contributed by atoms with E-state index in [9.17, 15) is 48.6 Å². The monoisotopic (exact) mass is 880 g/mol. The minimum absolute atomic E-state index is 0.0212. The fraction of sp³-hybridized carbons (Fsp3) is 0.535. The zero-order valence-electron chi connectivity index (χ0n) is 36.1. The maximum Gasteiger partial charge on any atom is 0.248 e. The van der Waals surface area contributed by atoms with Crippen LogP contribution in [0.15, 0.2) is 54.6 Å². The highest BCUT2D eigenvalue weighted by Gasteiger charge is 2.41. The summed E-state index contributed by atoms with van der Waals surface area (Å²) in [7, 11) is 0. The molecule has 1 aliphatic rings. The van der Waals surface area contributed by atoms with Gasteiger partial charge < -0.3 is 64.6 Å². The minimum atomic E-state index is -1.58. The Hall–Kier alpha value is -6.12. The summed E-state index contributed by atoms with van der Waals surface area (Å²) in [5.41, 5.74) is 24.1. The second-order valence-electron chi connectivity index (χ2n) is 16.3. The van der Waals surface area contributed by atoms with Crippen molar-refractivity contribution < 1.29 is 48.6 Å². The van der Waals surface area contributed by atoms with E-state index in [-0.39, 0.29) is 56.9 Å². The largest absolute Gasteiger partial charge is 0.508 e. The Morgan fingerprint density at radius 1 is 0.730 bits per heavy atom. The number of hydrogen-bond donors (Lipinski definition) is 11. The molecule has 2 aromatic carbocycles. The predicted molar refractivity (Wildman–Crippen MR) is 231 cm³/mol. The number of rotatable bonds is 25. The van der Waals surface area contributed by atoms with Gasteiger partial charge in [0.2, 0.25) is 47.3 Å². The van der Waals surface area contributed by atoms with Crippen molar-refractivity contribution in [1.29, 1.82) is 0 Å². The molecule has 0 spiro atoms. The van der Waals surface area contributed by atoms with Crippen LogP contribution >= 0.6 is 0 Å². The molecule has 2 aromatic rings. The number of likely N-dealkylation sites (tertiary alicyclic amines) is 1. The number of aliphatic hydroxyl groups excluding tert-OH is 1. The van der Waals surface area contributed by atoms with Gasteiger partial charge in [0.1, 0.15) is 42.0 Å². The molecule has 1 saturated heterocycles. The van der Waals surface area contributed by atoms with E-state index >= 15 is 0 Å². The molecule has 20 nitrogen and oxygen atoms in total. The molecule has 3 rings (SSSR count). The van der Waals surface area contributed by atoms with Crippen LogP contribution in [-0.4, -0.2) is 124 Å². The molecule has 0 radical (unpaired) electrons. The number of nitrogens with two attached hydrogens (primary N) is 4. The molecule has 0 saturated carbocycles. The number of unbranched alkanes of at least 4 members (excludes halogenated alkanes) is 1. The summed E-state index contributed by atoms with van der Waals surface area (Å²) in [6.45, 7) is 5.23. The van der Waals surface area contributed by atoms with E-state index in [2.05, 4.69) is 26.6 Å². The van der Waals surface area contributed by atoms with Crippen LogP contribution in [-0.2, 0) is 51.2 Å². The van der Waals surface area contributed by atoms with E-state index in [1.807, 2.05) is 19.9 Å². The van der Waals surface area contributed by atoms with E-state index < -0.39 is 102 Å². The quantitative estimate of drug-likeness (QED) is 0.0475. The first kappa shape index (κ1) is 51.2. The van der Waals surface area contributed by atoms with E-state index in [4.69, 9.17) is 22.9 Å². The third-order valence-corrected chi connectivity index (χ3v) is 10.5. The van der Waals surface area contributed by atoms with Crippen LogP contribution in [0.2, 0.25) is 0 Å². The highest BCUT2D eigenvalue weighted by molar-refractivity contribution is 5.98. The number of carbonyl (C=O) groups excluding carboxylic acids is 8. The summed E-state index contributed by atoms with van der Waals surface area (Å²) in [5, 5.41) is 33.5. The van der Waals surface area contributed by atoms with Crippen molar-refractivity contribution in [3.05, 3.63) is 65.7 Å². The zero-order chi connectivity index (χ0) is 46.8. The lowest BCUT2D eigenvalue weighted by atomic mass is 10.0. The third kappa shape index (κ3) is 16.6. The van der Waals surface area contributed by atoms with Crippen LogP contribution in [0, 0.1) is 5.92 Å². The first-order valence-electron chi connectivity index (χ1n) is 21.2. The van der Waals surface area contributed by atoms with Gasteiger partial charge >= 0.3 is 0 Å². The number of carbonyl (C=O) groups is 8. The van der Waals surface area contributed by atoms with E-state index in [1.165, 1.54) is 24.0 Å². The lowest BCUT2D eigenvalue weighted by Gasteiger charge is -2.32. The number of aromatic hydroxyl groups is 1. The number of hydrogen-bond acceptors (Lipinski definition) is 12. The highest BCUT2D eigenvalue weighted by atomic mass is 16.3. The molecule has 0 aliphatic carbocycles. The number of amides is 8. The molecule has 346 valence electrons. The zero-order valence-corrected chi connectivity index (χ0v) is 36.1. The van der Waals surface area contributed by atoms with Gasteiger partial charge in [-0.1, -0.05) is 56.3 Å². The normalized spacial score (nSPS) is 16.9. The number of phenolic OH excluding ortho intramolecular Hbond substituents is 1. The predicted octanol–water partition coefficient (Wildman–Crippen LogP) is -2.16. The van der Waals surface area contributed by atoms with Crippen LogP contribution in [0.4, 0.5) is 0 Å². The first-order chi connectivity index (χ1) is 29.8. The minimum Gasteiger partial charge on any atom is -0.508 e. The number of aliphatic hydroxyl groups is 1. The van der Waals surface area contributed by atoms with Gasteiger partial charge in [0.25, 0.3) is 0 Å². The average molecular weight is 881 g/mol. The van der Waals surface area contributed by atoms with Crippen LogP contribution in [0.1, 0.15) is 76.8 Å². The molecule has 63 heavy (non-hydrogen) atoms. The fourth-order valence-electron chi connectivity index (χ4n) is 7.14. The molecule has 1 aliphatic heterocycles. The van der Waals surface area contributed by atoms with Gasteiger partial charge in [0, 0.05) is 13.0 Å². The lowest BCUT2D eigenvalue weighted by Crippen LogP contribution is -2.61. The number of benzene rings is 2. The Balaban J connectivity index is 1.81. The molecule has 0 unspecified atom stereocenters. The molecule has 8 atom stereocenters. The van der Waals surface area contributed by atoms with Crippen LogP contribution < -0.4 is 49.5 Å². The standard InChI is InChI=1S/C43H64N10O10/c1-24(2)20-31(37(47)57)49-40(60)33(23-35(46)56)51-39(59)30(12-7-8-18-44)48-42(62)34-13-9-19-53(34)43(63)36(25(3)54)52-41(61)32(22-27-14-16-28(55)17-15-27)50-38(58)29(45)21-26-10-5-4-6-11-26/h4-6,10-11,14-17,24-25,29-34,36,54-55H,7-9,12-13,18-23,44-45H2,1-3H3,(H2,46,56)(H2,47,57)(H,48,62)(H,49,60)(H,50,58)(H,51,59)(H,52,61)/t25-,29+,30+,31+,32+,33+,34+,36+/m1/s1. The van der Waals surface area contributed by atoms with Gasteiger partial charge in [-0.2, -0.15) is 0 Å². The number of nitrogens with one attached hydrogen (secondary N) is 5. The number of phenols is 1. The second kappa shape index (κ2) is 25.1. The SMILES string of the molecule is CC(C)C[C@H](NC(=O)[C@H](CC(N)=O)NC(=O)[C@H](CCCCN)NC(=O)[C@@H]1CCCN1C(=O)[C@@H](NC(=O)[C@H](Cc1ccc(O)cc1)NC(=O)[C@@H](N)Cc1ccccc1)[C@@H](C)O)C(N)=O. The summed E-state index contributed by atoms with van der Waals surface area (Å²) in [5.74, 6) is -6.59. The smallest absolute Gasteiger partial charge is 0.248 e. The molecular weight excluding hydrogens is 817 g/mol. The van der Waals surface area contributed by atoms with Crippen molar-refractivity contribution in [3.63, 3.8) is 0 Å². The molecule has 1 heterocycles. The van der Waals surface area contributed by atoms with Crippen molar-refractivity contribution in [1.82, 2.24) is 31.5 Å². The van der Waals surface area contributed by atoms with Gasteiger partial charge in [0.05, 0.1) is 18.6 Å². The topological polar surface area (TPSA) is 344 Å². The van der Waals surface area contributed by atoms with Crippen molar-refractivity contribution in [3.8, 4) is 5.75 Å². The van der Waals surface area contributed by atoms with E-state index in [0.717, 1.165) is 5.56 Å². The Morgan fingerprint density at radius 2 is 1.32 bits per heavy atom. The third-order valence-electron chi connectivity index (χ3n) is 10.5. The molecule has 1 fully saturated rings. The first-order valence-corrected chi connectivity index (χ1v) is 21.2. The van der Waals surface area contributed by atoms with E-state index in [0.29, 0.717) is 24.8 Å². The molecule has 0 bridgehead atoms. The lowest BCUT2D eigenvalue weighted by molar-refractivity contribution is -0.144. The summed E-state index contributed by atoms with van der Waals surface area (Å²) < 4.78 is 0. The summed E-state index contributed by atoms with van der Waals surface area (Å²) in [6.07, 6.45) is -0.442. The average Bonchev–Trinajstić information content (AvgIpc) is 3.72. The Labute approximate surface area is 367 Å². The van der Waals surface area contributed by atoms with E-state index in [1.54, 1.807) is 36.4 Å². The number of primary amides is 2. The molecule has 20 heteroatoms.